The molecule has 0 N–H and O–H groups in total. The Hall–Kier alpha value is -2.31. The minimum Gasteiger partial charge on any atom is -0.497 e. The van der Waals surface area contributed by atoms with E-state index in [1.54, 1.807) is 36.3 Å². The summed E-state index contributed by atoms with van der Waals surface area (Å²) in [4.78, 5) is 16.0. The number of esters is 1. The fourth-order valence-corrected chi connectivity index (χ4v) is 4.13. The molecule has 3 rings (SSSR count). The topological polar surface area (TPSA) is 48.4 Å². The highest BCUT2D eigenvalue weighted by Crippen LogP contribution is 2.34. The number of aromatic nitrogens is 1. The lowest BCUT2D eigenvalue weighted by atomic mass is 10.2. The lowest BCUT2D eigenvalue weighted by molar-refractivity contribution is -0.129. The van der Waals surface area contributed by atoms with Crippen LogP contribution in [-0.4, -0.2) is 18.1 Å². The molecule has 0 bridgehead atoms. The van der Waals surface area contributed by atoms with Crippen molar-refractivity contribution in [3.8, 4) is 11.5 Å². The van der Waals surface area contributed by atoms with Crippen molar-refractivity contribution in [2.45, 2.75) is 10.1 Å². The number of hydrogen-bond donors (Lipinski definition) is 0. The Bertz CT molecular complexity index is 889. The van der Waals surface area contributed by atoms with Crippen LogP contribution < -0.4 is 9.47 Å². The Morgan fingerprint density at radius 3 is 2.96 bits per heavy atom. The van der Waals surface area contributed by atoms with Crippen LogP contribution in [-0.2, 0) is 10.5 Å². The third-order valence-corrected chi connectivity index (χ3v) is 5.50. The van der Waals surface area contributed by atoms with Crippen LogP contribution in [0.15, 0.2) is 59.5 Å². The smallest absolute Gasteiger partial charge is 0.335 e. The van der Waals surface area contributed by atoms with Crippen LogP contribution in [0.25, 0.3) is 10.2 Å². The van der Waals surface area contributed by atoms with Crippen molar-refractivity contribution in [3.05, 3.63) is 60.7 Å². The Kier molecular flexibility index (Phi) is 5.17. The molecular formula is C18H15NO3S2. The Balaban J connectivity index is 1.76. The summed E-state index contributed by atoms with van der Waals surface area (Å²) in [5, 5.41) is 0. The average molecular weight is 357 g/mol. The number of carbonyl (C=O) groups is 1. The largest absolute Gasteiger partial charge is 0.497 e. The standard InChI is InChI=1S/C18H15NO3S2/c1-3-17(20)22-15-7-5-4-6-12(15)11-23-18-19-14-10-13(21-2)8-9-16(14)24-18/h3-10H,1,11H2,2H3. The fourth-order valence-electron chi connectivity index (χ4n) is 2.09. The van der Waals surface area contributed by atoms with E-state index in [0.29, 0.717) is 11.5 Å². The summed E-state index contributed by atoms with van der Waals surface area (Å²) in [6.07, 6.45) is 1.16. The van der Waals surface area contributed by atoms with E-state index in [0.717, 1.165) is 31.9 Å². The molecule has 0 saturated heterocycles. The second-order valence-corrected chi connectivity index (χ2v) is 7.09. The van der Waals surface area contributed by atoms with Crippen LogP contribution >= 0.6 is 23.1 Å². The quantitative estimate of drug-likeness (QED) is 0.277. The Morgan fingerprint density at radius 1 is 1.33 bits per heavy atom. The van der Waals surface area contributed by atoms with Gasteiger partial charge in [-0.25, -0.2) is 9.78 Å². The lowest BCUT2D eigenvalue weighted by Gasteiger charge is -2.07. The SMILES string of the molecule is C=CC(=O)Oc1ccccc1CSc1nc2cc(OC)ccc2s1. The molecule has 0 aliphatic rings. The molecule has 0 unspecified atom stereocenters. The first-order valence-electron chi connectivity index (χ1n) is 7.19. The van der Waals surface area contributed by atoms with Crippen LogP contribution in [0.1, 0.15) is 5.56 Å². The van der Waals surface area contributed by atoms with Crippen molar-refractivity contribution in [3.63, 3.8) is 0 Å². The first kappa shape index (κ1) is 16.5. The van der Waals surface area contributed by atoms with Gasteiger partial charge in [0.2, 0.25) is 0 Å². The van der Waals surface area contributed by atoms with Gasteiger partial charge in [0.05, 0.1) is 17.3 Å². The summed E-state index contributed by atoms with van der Waals surface area (Å²) >= 11 is 3.24. The molecule has 0 saturated carbocycles. The molecule has 1 heterocycles. The van der Waals surface area contributed by atoms with Gasteiger partial charge in [-0.05, 0) is 18.2 Å². The molecule has 6 heteroatoms. The van der Waals surface area contributed by atoms with Gasteiger partial charge in [0.25, 0.3) is 0 Å². The minimum absolute atomic E-state index is 0.459. The van der Waals surface area contributed by atoms with Gasteiger partial charge >= 0.3 is 5.97 Å². The zero-order chi connectivity index (χ0) is 16.9. The van der Waals surface area contributed by atoms with Crippen molar-refractivity contribution < 1.29 is 14.3 Å². The predicted octanol–water partition coefficient (Wildman–Crippen LogP) is 4.69. The molecule has 0 radical (unpaired) electrons. The highest BCUT2D eigenvalue weighted by Gasteiger charge is 2.10. The average Bonchev–Trinajstić information content (AvgIpc) is 3.02. The zero-order valence-electron chi connectivity index (χ0n) is 13.0. The first-order chi connectivity index (χ1) is 11.7. The Labute approximate surface area is 148 Å². The van der Waals surface area contributed by atoms with Crippen molar-refractivity contribution in [1.82, 2.24) is 4.98 Å². The first-order valence-corrected chi connectivity index (χ1v) is 8.99. The third kappa shape index (κ3) is 3.77. The van der Waals surface area contributed by atoms with E-state index >= 15 is 0 Å². The maximum Gasteiger partial charge on any atom is 0.335 e. The maximum atomic E-state index is 11.4. The molecule has 0 amide bonds. The van der Waals surface area contributed by atoms with Crippen LogP contribution in [0.4, 0.5) is 0 Å². The molecule has 0 aliphatic carbocycles. The molecule has 4 nitrogen and oxygen atoms in total. The van der Waals surface area contributed by atoms with E-state index in [2.05, 4.69) is 11.6 Å². The zero-order valence-corrected chi connectivity index (χ0v) is 14.7. The summed E-state index contributed by atoms with van der Waals surface area (Å²) in [5.74, 6) is 1.56. The van der Waals surface area contributed by atoms with Gasteiger partial charge in [-0.1, -0.05) is 36.5 Å². The van der Waals surface area contributed by atoms with Crippen molar-refractivity contribution >= 4 is 39.3 Å². The number of hydrogen-bond acceptors (Lipinski definition) is 6. The number of rotatable bonds is 6. The number of thiazole rings is 1. The molecule has 0 aliphatic heterocycles. The predicted molar refractivity (Wildman–Crippen MR) is 98.0 cm³/mol. The van der Waals surface area contributed by atoms with Crippen molar-refractivity contribution in [2.24, 2.45) is 0 Å². The number of fused-ring (bicyclic) bond motifs is 1. The summed E-state index contributed by atoms with van der Waals surface area (Å²) < 4.78 is 12.6. The van der Waals surface area contributed by atoms with Crippen LogP contribution in [0.3, 0.4) is 0 Å². The van der Waals surface area contributed by atoms with Crippen molar-refractivity contribution in [2.75, 3.05) is 7.11 Å². The second-order valence-electron chi connectivity index (χ2n) is 4.84. The van der Waals surface area contributed by atoms with Gasteiger partial charge < -0.3 is 9.47 Å². The van der Waals surface area contributed by atoms with Gasteiger partial charge in [-0.2, -0.15) is 0 Å². The Morgan fingerprint density at radius 2 is 2.17 bits per heavy atom. The van der Waals surface area contributed by atoms with E-state index in [-0.39, 0.29) is 0 Å². The summed E-state index contributed by atoms with van der Waals surface area (Å²) in [7, 11) is 1.64. The number of nitrogens with zero attached hydrogens (tertiary/aromatic N) is 1. The lowest BCUT2D eigenvalue weighted by Crippen LogP contribution is -2.04. The molecule has 3 aromatic rings. The number of benzene rings is 2. The molecule has 0 fully saturated rings. The van der Waals surface area contributed by atoms with E-state index < -0.39 is 5.97 Å². The van der Waals surface area contributed by atoms with E-state index in [9.17, 15) is 4.79 Å². The monoisotopic (exact) mass is 357 g/mol. The second kappa shape index (κ2) is 7.51. The minimum atomic E-state index is -0.459. The van der Waals surface area contributed by atoms with Crippen LogP contribution in [0, 0.1) is 0 Å². The van der Waals surface area contributed by atoms with Gasteiger partial charge in [-0.3, -0.25) is 0 Å². The molecule has 1 aromatic heterocycles. The maximum absolute atomic E-state index is 11.4. The number of ether oxygens (including phenoxy) is 2. The van der Waals surface area contributed by atoms with Gasteiger partial charge in [-0.15, -0.1) is 11.3 Å². The summed E-state index contributed by atoms with van der Waals surface area (Å²) in [6.45, 7) is 3.42. The van der Waals surface area contributed by atoms with Gasteiger partial charge in [0.1, 0.15) is 11.5 Å². The summed E-state index contributed by atoms with van der Waals surface area (Å²) in [6, 6.07) is 13.3. The molecule has 0 atom stereocenters. The normalized spacial score (nSPS) is 10.5. The number of methoxy groups -OCH3 is 1. The number of para-hydroxylation sites is 1. The van der Waals surface area contributed by atoms with Crippen molar-refractivity contribution in [1.29, 1.82) is 0 Å². The van der Waals surface area contributed by atoms with Gasteiger partial charge in [0.15, 0.2) is 4.34 Å². The molecule has 24 heavy (non-hydrogen) atoms. The molecule has 0 spiro atoms. The van der Waals surface area contributed by atoms with E-state index in [4.69, 9.17) is 9.47 Å². The van der Waals surface area contributed by atoms with E-state index in [1.807, 2.05) is 36.4 Å². The van der Waals surface area contributed by atoms with Crippen LogP contribution in [0.5, 0.6) is 11.5 Å². The van der Waals surface area contributed by atoms with E-state index in [1.165, 1.54) is 0 Å². The highest BCUT2D eigenvalue weighted by atomic mass is 32.2. The fraction of sp³-hybridized carbons (Fsp3) is 0.111. The number of carbonyl (C=O) groups excluding carboxylic acids is 1. The van der Waals surface area contributed by atoms with Gasteiger partial charge in [0, 0.05) is 23.5 Å². The molecular weight excluding hydrogens is 342 g/mol. The third-order valence-electron chi connectivity index (χ3n) is 3.28. The van der Waals surface area contributed by atoms with Crippen LogP contribution in [0.2, 0.25) is 0 Å². The molecule has 122 valence electrons. The highest BCUT2D eigenvalue weighted by molar-refractivity contribution is 8.00. The number of thioether (sulfide) groups is 1. The summed E-state index contributed by atoms with van der Waals surface area (Å²) in [5.41, 5.74) is 1.86. The molecule has 2 aromatic carbocycles.